The van der Waals surface area contributed by atoms with Crippen LogP contribution in [0.15, 0.2) is 4.52 Å². The molecular formula is C14H17N3O7. The lowest BCUT2D eigenvalue weighted by atomic mass is 9.90. The summed E-state index contributed by atoms with van der Waals surface area (Å²) in [6.45, 7) is 4.27. The smallest absolute Gasteiger partial charge is 0.344 e. The molecule has 10 nitrogen and oxygen atoms in total. The second-order valence-electron chi connectivity index (χ2n) is 4.63. The quantitative estimate of drug-likeness (QED) is 0.492. The van der Waals surface area contributed by atoms with Crippen LogP contribution in [0.5, 0.6) is 5.88 Å². The summed E-state index contributed by atoms with van der Waals surface area (Å²) in [4.78, 5) is 35.5. The first kappa shape index (κ1) is 19.0. The van der Waals surface area contributed by atoms with Crippen molar-refractivity contribution in [3.8, 4) is 11.9 Å². The molecule has 1 rings (SSSR count). The molecule has 0 bridgehead atoms. The average Bonchev–Trinajstić information content (AvgIpc) is 2.88. The number of carbonyl (C=O) groups excluding carboxylic acids is 2. The van der Waals surface area contributed by atoms with Crippen molar-refractivity contribution in [2.75, 3.05) is 13.2 Å². The standard InChI is InChI=1S/C14H17N3O7/c1-4-22-11-9(10(7-15)24-17-11)6-14(12(19)20,16-8(3)18)13(21)23-5-2/h4-6H2,1-3H3,(H,16,18)(H,19,20). The molecule has 130 valence electrons. The maximum atomic E-state index is 12.2. The Hall–Kier alpha value is -3.09. The number of nitrogens with one attached hydrogen (secondary N) is 1. The molecule has 0 aliphatic rings. The van der Waals surface area contributed by atoms with Crippen molar-refractivity contribution in [3.63, 3.8) is 0 Å². The lowest BCUT2D eigenvalue weighted by Gasteiger charge is -2.27. The normalized spacial score (nSPS) is 12.6. The third kappa shape index (κ3) is 3.81. The summed E-state index contributed by atoms with van der Waals surface area (Å²) < 4.78 is 14.7. The van der Waals surface area contributed by atoms with E-state index in [1.54, 1.807) is 13.0 Å². The number of carboxylic acid groups (broad SMARTS) is 1. The Morgan fingerprint density at radius 3 is 2.50 bits per heavy atom. The predicted octanol–water partition coefficient (Wildman–Crippen LogP) is 0.0101. The van der Waals surface area contributed by atoms with Crippen LogP contribution in [0.1, 0.15) is 32.1 Å². The van der Waals surface area contributed by atoms with Crippen LogP contribution >= 0.6 is 0 Å². The number of nitrogens with zero attached hydrogens (tertiary/aromatic N) is 2. The van der Waals surface area contributed by atoms with Gasteiger partial charge in [-0.2, -0.15) is 5.26 Å². The summed E-state index contributed by atoms with van der Waals surface area (Å²) in [5.74, 6) is -4.05. The second kappa shape index (κ2) is 7.96. The van der Waals surface area contributed by atoms with E-state index in [4.69, 9.17) is 19.3 Å². The maximum absolute atomic E-state index is 12.2. The Labute approximate surface area is 137 Å². The molecule has 1 atom stereocenters. The highest BCUT2D eigenvalue weighted by Gasteiger charge is 2.50. The minimum atomic E-state index is -2.44. The van der Waals surface area contributed by atoms with Gasteiger partial charge in [0.2, 0.25) is 17.2 Å². The van der Waals surface area contributed by atoms with Crippen molar-refractivity contribution in [3.05, 3.63) is 11.3 Å². The zero-order valence-corrected chi connectivity index (χ0v) is 13.4. The van der Waals surface area contributed by atoms with E-state index >= 15 is 0 Å². The van der Waals surface area contributed by atoms with Crippen LogP contribution in [0.3, 0.4) is 0 Å². The number of esters is 1. The average molecular weight is 339 g/mol. The highest BCUT2D eigenvalue weighted by Crippen LogP contribution is 2.27. The van der Waals surface area contributed by atoms with Gasteiger partial charge >= 0.3 is 11.9 Å². The SMILES string of the molecule is CCOC(=O)C(Cc1c(OCC)noc1C#N)(NC(C)=O)C(=O)O. The van der Waals surface area contributed by atoms with Crippen molar-refractivity contribution in [1.29, 1.82) is 5.26 Å². The van der Waals surface area contributed by atoms with Crippen molar-refractivity contribution < 1.29 is 33.5 Å². The fraction of sp³-hybridized carbons (Fsp3) is 0.500. The second-order valence-corrected chi connectivity index (χ2v) is 4.63. The Kier molecular flexibility index (Phi) is 6.29. The monoisotopic (exact) mass is 339 g/mol. The first-order valence-electron chi connectivity index (χ1n) is 7.03. The van der Waals surface area contributed by atoms with Gasteiger partial charge in [-0.1, -0.05) is 0 Å². The fourth-order valence-corrected chi connectivity index (χ4v) is 1.99. The minimum Gasteiger partial charge on any atom is -0.479 e. The van der Waals surface area contributed by atoms with Gasteiger partial charge in [-0.05, 0) is 19.0 Å². The van der Waals surface area contributed by atoms with Gasteiger partial charge in [-0.15, -0.1) is 0 Å². The first-order valence-corrected chi connectivity index (χ1v) is 7.03. The van der Waals surface area contributed by atoms with Crippen LogP contribution in [0, 0.1) is 11.3 Å². The van der Waals surface area contributed by atoms with Gasteiger partial charge in [0.05, 0.1) is 18.8 Å². The Balaban J connectivity index is 3.43. The topological polar surface area (TPSA) is 152 Å². The van der Waals surface area contributed by atoms with E-state index in [1.807, 2.05) is 0 Å². The molecule has 0 saturated carbocycles. The van der Waals surface area contributed by atoms with Crippen molar-refractivity contribution in [1.82, 2.24) is 10.5 Å². The van der Waals surface area contributed by atoms with E-state index in [2.05, 4.69) is 10.5 Å². The number of rotatable bonds is 8. The Morgan fingerprint density at radius 1 is 1.38 bits per heavy atom. The molecule has 1 amide bonds. The number of carbonyl (C=O) groups is 3. The number of aromatic nitrogens is 1. The molecule has 0 radical (unpaired) electrons. The van der Waals surface area contributed by atoms with Crippen LogP contribution in [0.4, 0.5) is 0 Å². The molecule has 0 saturated heterocycles. The first-order chi connectivity index (χ1) is 11.3. The number of nitriles is 1. The summed E-state index contributed by atoms with van der Waals surface area (Å²) >= 11 is 0. The molecule has 1 aromatic heterocycles. The van der Waals surface area contributed by atoms with Gasteiger partial charge in [0.15, 0.2) is 0 Å². The van der Waals surface area contributed by atoms with E-state index in [9.17, 15) is 19.5 Å². The maximum Gasteiger partial charge on any atom is 0.344 e. The molecule has 10 heteroatoms. The number of carboxylic acids is 1. The van der Waals surface area contributed by atoms with Gasteiger partial charge in [0.1, 0.15) is 6.07 Å². The number of amides is 1. The molecule has 1 unspecified atom stereocenters. The summed E-state index contributed by atoms with van der Waals surface area (Å²) in [7, 11) is 0. The van der Waals surface area contributed by atoms with Crippen LogP contribution < -0.4 is 10.1 Å². The number of ether oxygens (including phenoxy) is 2. The minimum absolute atomic E-state index is 0.0523. The molecule has 24 heavy (non-hydrogen) atoms. The summed E-state index contributed by atoms with van der Waals surface area (Å²) in [5.41, 5.74) is -2.49. The van der Waals surface area contributed by atoms with E-state index in [-0.39, 0.29) is 30.4 Å². The third-order valence-corrected chi connectivity index (χ3v) is 2.96. The summed E-state index contributed by atoms with van der Waals surface area (Å²) in [6, 6.07) is 1.69. The molecule has 1 heterocycles. The molecule has 0 aliphatic carbocycles. The molecule has 0 aromatic carbocycles. The number of hydrogen-bond acceptors (Lipinski definition) is 8. The summed E-state index contributed by atoms with van der Waals surface area (Å²) in [5, 5.41) is 24.2. The van der Waals surface area contributed by atoms with Gasteiger partial charge in [-0.3, -0.25) is 4.79 Å². The molecule has 1 aromatic rings. The summed E-state index contributed by atoms with van der Waals surface area (Å²) in [6.07, 6.45) is -0.623. The largest absolute Gasteiger partial charge is 0.479 e. The zero-order chi connectivity index (χ0) is 18.3. The highest BCUT2D eigenvalue weighted by molar-refractivity contribution is 6.07. The Morgan fingerprint density at radius 2 is 2.04 bits per heavy atom. The number of hydrogen-bond donors (Lipinski definition) is 2. The van der Waals surface area contributed by atoms with E-state index < -0.39 is 29.8 Å². The van der Waals surface area contributed by atoms with Crippen LogP contribution in [0.2, 0.25) is 0 Å². The van der Waals surface area contributed by atoms with Crippen LogP contribution in [0.25, 0.3) is 0 Å². The number of aliphatic carboxylic acids is 1. The lowest BCUT2D eigenvalue weighted by Crippen LogP contribution is -2.62. The molecule has 0 aliphatic heterocycles. The van der Waals surface area contributed by atoms with Gasteiger partial charge in [-0.25, -0.2) is 9.59 Å². The van der Waals surface area contributed by atoms with Crippen molar-refractivity contribution in [2.24, 2.45) is 0 Å². The van der Waals surface area contributed by atoms with E-state index in [1.165, 1.54) is 6.92 Å². The molecule has 0 fully saturated rings. The molecule has 0 spiro atoms. The van der Waals surface area contributed by atoms with Gasteiger partial charge in [0, 0.05) is 13.3 Å². The van der Waals surface area contributed by atoms with Crippen LogP contribution in [-0.4, -0.2) is 46.9 Å². The highest BCUT2D eigenvalue weighted by atomic mass is 16.5. The fourth-order valence-electron chi connectivity index (χ4n) is 1.99. The molecular weight excluding hydrogens is 322 g/mol. The van der Waals surface area contributed by atoms with Crippen molar-refractivity contribution >= 4 is 17.8 Å². The third-order valence-electron chi connectivity index (χ3n) is 2.96. The van der Waals surface area contributed by atoms with Gasteiger partial charge < -0.3 is 24.4 Å². The Bertz CT molecular complexity index is 676. The van der Waals surface area contributed by atoms with Crippen molar-refractivity contribution in [2.45, 2.75) is 32.7 Å². The molecule has 2 N–H and O–H groups in total. The van der Waals surface area contributed by atoms with Gasteiger partial charge in [0.25, 0.3) is 5.88 Å². The van der Waals surface area contributed by atoms with E-state index in [0.29, 0.717) is 0 Å². The lowest BCUT2D eigenvalue weighted by molar-refractivity contribution is -0.164. The van der Waals surface area contributed by atoms with E-state index in [0.717, 1.165) is 6.92 Å². The zero-order valence-electron chi connectivity index (χ0n) is 13.4. The predicted molar refractivity (Wildman–Crippen MR) is 76.9 cm³/mol. The van der Waals surface area contributed by atoms with Crippen LogP contribution in [-0.2, 0) is 25.5 Å².